The van der Waals surface area contributed by atoms with Gasteiger partial charge in [0.25, 0.3) is 0 Å². The number of hydrazine groups is 1. The molecule has 1 aliphatic rings. The molecule has 1 aliphatic carbocycles. The molecule has 1 atom stereocenters. The Labute approximate surface area is 111 Å². The third-order valence-electron chi connectivity index (χ3n) is 3.71. The molecule has 0 aromatic carbocycles. The van der Waals surface area contributed by atoms with Gasteiger partial charge >= 0.3 is 0 Å². The first-order valence-corrected chi connectivity index (χ1v) is 7.29. The molecular formula is C13H21BrN2O. The third-order valence-corrected chi connectivity index (χ3v) is 4.36. The van der Waals surface area contributed by atoms with Crippen LogP contribution in [0.2, 0.25) is 0 Å². The van der Waals surface area contributed by atoms with Gasteiger partial charge in [-0.2, -0.15) is 0 Å². The van der Waals surface area contributed by atoms with E-state index in [9.17, 15) is 0 Å². The summed E-state index contributed by atoms with van der Waals surface area (Å²) in [7, 11) is 0. The molecule has 4 heteroatoms. The summed E-state index contributed by atoms with van der Waals surface area (Å²) in [6, 6.07) is 2.05. The second-order valence-corrected chi connectivity index (χ2v) is 5.80. The van der Waals surface area contributed by atoms with Crippen LogP contribution in [-0.4, -0.2) is 0 Å². The fourth-order valence-corrected chi connectivity index (χ4v) is 3.22. The van der Waals surface area contributed by atoms with Gasteiger partial charge in [-0.1, -0.05) is 38.5 Å². The average Bonchev–Trinajstić information content (AvgIpc) is 2.62. The molecule has 0 bridgehead atoms. The highest BCUT2D eigenvalue weighted by Crippen LogP contribution is 2.33. The van der Waals surface area contributed by atoms with Gasteiger partial charge < -0.3 is 4.42 Å². The Morgan fingerprint density at radius 3 is 2.59 bits per heavy atom. The first-order chi connectivity index (χ1) is 8.31. The van der Waals surface area contributed by atoms with E-state index in [0.717, 1.165) is 22.6 Å². The highest BCUT2D eigenvalue weighted by atomic mass is 79.9. The fraction of sp³-hybridized carbons (Fsp3) is 0.692. The lowest BCUT2D eigenvalue weighted by atomic mass is 9.92. The van der Waals surface area contributed by atoms with Crippen molar-refractivity contribution < 1.29 is 4.42 Å². The predicted molar refractivity (Wildman–Crippen MR) is 72.3 cm³/mol. The van der Waals surface area contributed by atoms with Crippen molar-refractivity contribution >= 4 is 15.9 Å². The van der Waals surface area contributed by atoms with Gasteiger partial charge in [0.2, 0.25) is 0 Å². The number of halogens is 1. The molecule has 1 saturated carbocycles. The smallest absolute Gasteiger partial charge is 0.136 e. The minimum absolute atomic E-state index is 0.127. The Morgan fingerprint density at radius 2 is 2.06 bits per heavy atom. The summed E-state index contributed by atoms with van der Waals surface area (Å²) >= 11 is 3.50. The number of hydrogen-bond acceptors (Lipinski definition) is 3. The maximum atomic E-state index is 5.66. The van der Waals surface area contributed by atoms with Crippen LogP contribution in [0.15, 0.2) is 21.2 Å². The lowest BCUT2D eigenvalue weighted by molar-refractivity contribution is 0.320. The standard InChI is InChI=1S/C13H21BrN2O/c14-11-7-8-17-13(11)12(16-15)9-10-5-3-1-2-4-6-10/h7-8,10,12,16H,1-6,9,15H2. The maximum absolute atomic E-state index is 5.66. The summed E-state index contributed by atoms with van der Waals surface area (Å²) in [4.78, 5) is 0. The second-order valence-electron chi connectivity index (χ2n) is 4.95. The van der Waals surface area contributed by atoms with E-state index in [0.29, 0.717) is 0 Å². The lowest BCUT2D eigenvalue weighted by Crippen LogP contribution is -2.29. The Morgan fingerprint density at radius 1 is 1.35 bits per heavy atom. The molecule has 3 N–H and O–H groups in total. The van der Waals surface area contributed by atoms with E-state index in [2.05, 4.69) is 21.4 Å². The summed E-state index contributed by atoms with van der Waals surface area (Å²) in [6.07, 6.45) is 10.9. The molecule has 0 aliphatic heterocycles. The minimum atomic E-state index is 0.127. The van der Waals surface area contributed by atoms with Gasteiger partial charge in [-0.25, -0.2) is 5.43 Å². The van der Waals surface area contributed by atoms with Crippen LogP contribution in [0.3, 0.4) is 0 Å². The molecule has 96 valence electrons. The largest absolute Gasteiger partial charge is 0.466 e. The minimum Gasteiger partial charge on any atom is -0.466 e. The van der Waals surface area contributed by atoms with E-state index < -0.39 is 0 Å². The molecule has 0 radical (unpaired) electrons. The number of hydrogen-bond donors (Lipinski definition) is 2. The Bertz CT molecular complexity index is 332. The first kappa shape index (κ1) is 13.1. The predicted octanol–water partition coefficient (Wildman–Crippen LogP) is 3.91. The molecule has 2 rings (SSSR count). The van der Waals surface area contributed by atoms with Gasteiger partial charge in [-0.3, -0.25) is 5.84 Å². The lowest BCUT2D eigenvalue weighted by Gasteiger charge is -2.20. The van der Waals surface area contributed by atoms with Gasteiger partial charge in [-0.15, -0.1) is 0 Å². The Balaban J connectivity index is 1.97. The van der Waals surface area contributed by atoms with E-state index in [4.69, 9.17) is 10.3 Å². The highest BCUT2D eigenvalue weighted by Gasteiger charge is 2.22. The topological polar surface area (TPSA) is 51.2 Å². The van der Waals surface area contributed by atoms with Crippen LogP contribution in [-0.2, 0) is 0 Å². The van der Waals surface area contributed by atoms with Gasteiger partial charge in [0.05, 0.1) is 16.8 Å². The van der Waals surface area contributed by atoms with Crippen LogP contribution >= 0.6 is 15.9 Å². The molecule has 17 heavy (non-hydrogen) atoms. The Kier molecular flexibility index (Phi) is 5.07. The molecular weight excluding hydrogens is 280 g/mol. The summed E-state index contributed by atoms with van der Waals surface area (Å²) < 4.78 is 6.51. The van der Waals surface area contributed by atoms with Crippen molar-refractivity contribution in [1.82, 2.24) is 5.43 Å². The number of nitrogens with two attached hydrogens (primary N) is 1. The van der Waals surface area contributed by atoms with E-state index >= 15 is 0 Å². The van der Waals surface area contributed by atoms with E-state index in [1.807, 2.05) is 6.07 Å². The summed E-state index contributed by atoms with van der Waals surface area (Å²) in [5.41, 5.74) is 2.89. The van der Waals surface area contributed by atoms with Gasteiger partial charge in [0.15, 0.2) is 0 Å². The van der Waals surface area contributed by atoms with Gasteiger partial charge in [0.1, 0.15) is 5.76 Å². The zero-order valence-electron chi connectivity index (χ0n) is 10.1. The molecule has 1 aromatic rings. The third kappa shape index (κ3) is 3.57. The van der Waals surface area contributed by atoms with Gasteiger partial charge in [0, 0.05) is 0 Å². The maximum Gasteiger partial charge on any atom is 0.136 e. The van der Waals surface area contributed by atoms with E-state index in [1.54, 1.807) is 6.26 Å². The van der Waals surface area contributed by atoms with Crippen molar-refractivity contribution in [1.29, 1.82) is 0 Å². The molecule has 1 fully saturated rings. The molecule has 1 aromatic heterocycles. The molecule has 0 amide bonds. The fourth-order valence-electron chi connectivity index (χ4n) is 2.74. The normalized spacial score (nSPS) is 20.1. The van der Waals surface area contributed by atoms with Gasteiger partial charge in [-0.05, 0) is 34.3 Å². The van der Waals surface area contributed by atoms with Crippen LogP contribution in [0, 0.1) is 5.92 Å². The zero-order chi connectivity index (χ0) is 12.1. The summed E-state index contributed by atoms with van der Waals surface area (Å²) in [6.45, 7) is 0. The zero-order valence-corrected chi connectivity index (χ0v) is 11.7. The molecule has 1 heterocycles. The van der Waals surface area contributed by atoms with Crippen LogP contribution in [0.4, 0.5) is 0 Å². The van der Waals surface area contributed by atoms with Crippen LogP contribution in [0.1, 0.15) is 56.7 Å². The van der Waals surface area contributed by atoms with E-state index in [1.165, 1.54) is 38.5 Å². The number of nitrogens with one attached hydrogen (secondary N) is 1. The van der Waals surface area contributed by atoms with Crippen LogP contribution < -0.4 is 11.3 Å². The van der Waals surface area contributed by atoms with Crippen molar-refractivity contribution in [3.63, 3.8) is 0 Å². The van der Waals surface area contributed by atoms with Crippen molar-refractivity contribution in [2.45, 2.75) is 51.0 Å². The van der Waals surface area contributed by atoms with Crippen LogP contribution in [0.5, 0.6) is 0 Å². The molecule has 3 nitrogen and oxygen atoms in total. The summed E-state index contributed by atoms with van der Waals surface area (Å²) in [5.74, 6) is 7.36. The second kappa shape index (κ2) is 6.57. The average molecular weight is 301 g/mol. The molecule has 1 unspecified atom stereocenters. The quantitative estimate of drug-likeness (QED) is 0.503. The first-order valence-electron chi connectivity index (χ1n) is 6.50. The number of furan rings is 1. The SMILES string of the molecule is NNC(CC1CCCCCC1)c1occc1Br. The molecule has 0 saturated heterocycles. The van der Waals surface area contributed by atoms with E-state index in [-0.39, 0.29) is 6.04 Å². The highest BCUT2D eigenvalue weighted by molar-refractivity contribution is 9.10. The number of rotatable bonds is 4. The molecule has 0 spiro atoms. The van der Waals surface area contributed by atoms with Crippen molar-refractivity contribution in [3.05, 3.63) is 22.6 Å². The summed E-state index contributed by atoms with van der Waals surface area (Å²) in [5, 5.41) is 0. The monoisotopic (exact) mass is 300 g/mol. The van der Waals surface area contributed by atoms with Crippen LogP contribution in [0.25, 0.3) is 0 Å². The van der Waals surface area contributed by atoms with Crippen molar-refractivity contribution in [2.24, 2.45) is 11.8 Å². The Hall–Kier alpha value is -0.320. The van der Waals surface area contributed by atoms with Crippen molar-refractivity contribution in [3.8, 4) is 0 Å². The van der Waals surface area contributed by atoms with Crippen molar-refractivity contribution in [2.75, 3.05) is 0 Å².